The summed E-state index contributed by atoms with van der Waals surface area (Å²) in [6.45, 7) is 3.27. The van der Waals surface area contributed by atoms with E-state index in [1.807, 2.05) is 53.4 Å². The summed E-state index contributed by atoms with van der Waals surface area (Å²) in [5, 5.41) is 12.0. The Bertz CT molecular complexity index is 1270. The number of rotatable bonds is 4. The molecule has 2 atom stereocenters. The third-order valence-corrected chi connectivity index (χ3v) is 8.29. The molecule has 180 valence electrons. The standard InChI is InChI=1S/C28H28Cl2N4O/c29-25-5-3-19(15-26(25)30)14-20-7-11-34(18-23(20)17-31)24-8-12-33(13-9-24)28(35)22-4-6-27-21(16-22)2-1-10-32-27/h1-6,10,15-16,20,23-24H,7-9,11-14,18H2/t20-,23+/m0/s1. The number of carbonyl (C=O) groups excluding carboxylic acids is 1. The molecule has 7 heteroatoms. The molecular weight excluding hydrogens is 479 g/mol. The normalized spacial score (nSPS) is 21.7. The van der Waals surface area contributed by atoms with Crippen molar-refractivity contribution in [2.24, 2.45) is 11.8 Å². The second kappa shape index (κ2) is 10.5. The third-order valence-electron chi connectivity index (χ3n) is 7.55. The molecule has 2 fully saturated rings. The van der Waals surface area contributed by atoms with Crippen molar-refractivity contribution in [3.63, 3.8) is 0 Å². The molecule has 2 aliphatic rings. The minimum Gasteiger partial charge on any atom is -0.339 e. The average molecular weight is 507 g/mol. The number of nitrogens with zero attached hydrogens (tertiary/aromatic N) is 4. The number of fused-ring (bicyclic) bond motifs is 1. The van der Waals surface area contributed by atoms with E-state index in [-0.39, 0.29) is 11.8 Å². The van der Waals surface area contributed by atoms with E-state index in [0.717, 1.165) is 73.9 Å². The first-order chi connectivity index (χ1) is 17.0. The van der Waals surface area contributed by atoms with E-state index in [4.69, 9.17) is 23.2 Å². The van der Waals surface area contributed by atoms with E-state index in [0.29, 0.717) is 22.0 Å². The number of benzene rings is 2. The van der Waals surface area contributed by atoms with Gasteiger partial charge in [0.2, 0.25) is 0 Å². The molecule has 5 nitrogen and oxygen atoms in total. The van der Waals surface area contributed by atoms with Crippen molar-refractivity contribution >= 4 is 40.0 Å². The Labute approximate surface area is 216 Å². The molecule has 0 N–H and O–H groups in total. The van der Waals surface area contributed by atoms with Crippen LogP contribution in [-0.2, 0) is 6.42 Å². The summed E-state index contributed by atoms with van der Waals surface area (Å²) in [7, 11) is 0. The van der Waals surface area contributed by atoms with Gasteiger partial charge in [0.15, 0.2) is 0 Å². The Morgan fingerprint density at radius 2 is 1.86 bits per heavy atom. The maximum Gasteiger partial charge on any atom is 0.253 e. The molecule has 3 heterocycles. The summed E-state index contributed by atoms with van der Waals surface area (Å²) in [5.74, 6) is 0.395. The zero-order valence-corrected chi connectivity index (χ0v) is 21.0. The van der Waals surface area contributed by atoms with Crippen molar-refractivity contribution < 1.29 is 4.79 Å². The first-order valence-electron chi connectivity index (χ1n) is 12.2. The highest BCUT2D eigenvalue weighted by Gasteiger charge is 2.34. The van der Waals surface area contributed by atoms with Crippen LogP contribution in [0.2, 0.25) is 10.0 Å². The van der Waals surface area contributed by atoms with Crippen molar-refractivity contribution in [3.8, 4) is 6.07 Å². The fourth-order valence-corrected chi connectivity index (χ4v) is 5.86. The van der Waals surface area contributed by atoms with Crippen LogP contribution in [0.1, 0.15) is 35.2 Å². The number of halogens is 2. The van der Waals surface area contributed by atoms with Gasteiger partial charge in [-0.2, -0.15) is 5.26 Å². The summed E-state index contributed by atoms with van der Waals surface area (Å²) in [4.78, 5) is 21.9. The summed E-state index contributed by atoms with van der Waals surface area (Å²) in [5.41, 5.74) is 2.75. The van der Waals surface area contributed by atoms with Gasteiger partial charge < -0.3 is 4.90 Å². The molecule has 3 aromatic rings. The Kier molecular flexibility index (Phi) is 7.24. The summed E-state index contributed by atoms with van der Waals surface area (Å²) in [6, 6.07) is 18.4. The Balaban J connectivity index is 1.17. The Morgan fingerprint density at radius 1 is 1.03 bits per heavy atom. The highest BCUT2D eigenvalue weighted by Crippen LogP contribution is 2.32. The first-order valence-corrected chi connectivity index (χ1v) is 13.0. The van der Waals surface area contributed by atoms with Crippen molar-refractivity contribution in [1.29, 1.82) is 5.26 Å². The highest BCUT2D eigenvalue weighted by molar-refractivity contribution is 6.42. The number of nitriles is 1. The molecule has 0 unspecified atom stereocenters. The molecule has 5 rings (SSSR count). The molecule has 0 spiro atoms. The van der Waals surface area contributed by atoms with Gasteiger partial charge in [-0.15, -0.1) is 0 Å². The summed E-state index contributed by atoms with van der Waals surface area (Å²) >= 11 is 12.2. The lowest BCUT2D eigenvalue weighted by Crippen LogP contribution is -2.51. The lowest BCUT2D eigenvalue weighted by atomic mass is 9.81. The Morgan fingerprint density at radius 3 is 2.63 bits per heavy atom. The lowest BCUT2D eigenvalue weighted by molar-refractivity contribution is 0.0486. The van der Waals surface area contributed by atoms with Crippen molar-refractivity contribution in [1.82, 2.24) is 14.8 Å². The van der Waals surface area contributed by atoms with Gasteiger partial charge in [0, 0.05) is 42.8 Å². The number of carbonyl (C=O) groups is 1. The van der Waals surface area contributed by atoms with Crippen LogP contribution < -0.4 is 0 Å². The minimum absolute atomic E-state index is 0.0101. The van der Waals surface area contributed by atoms with Gasteiger partial charge >= 0.3 is 0 Å². The second-order valence-electron chi connectivity index (χ2n) is 9.67. The predicted octanol–water partition coefficient (Wildman–Crippen LogP) is 5.85. The molecule has 1 amide bonds. The van der Waals surface area contributed by atoms with E-state index in [1.165, 1.54) is 0 Å². The fraction of sp³-hybridized carbons (Fsp3) is 0.393. The van der Waals surface area contributed by atoms with E-state index in [1.54, 1.807) is 6.20 Å². The number of pyridine rings is 1. The van der Waals surface area contributed by atoms with Crippen LogP contribution in [0, 0.1) is 23.2 Å². The van der Waals surface area contributed by atoms with Gasteiger partial charge in [-0.1, -0.05) is 35.3 Å². The topological polar surface area (TPSA) is 60.2 Å². The summed E-state index contributed by atoms with van der Waals surface area (Å²) < 4.78 is 0. The smallest absolute Gasteiger partial charge is 0.253 e. The van der Waals surface area contributed by atoms with Gasteiger partial charge in [-0.05, 0) is 80.1 Å². The number of piperidine rings is 2. The molecule has 2 aliphatic heterocycles. The quantitative estimate of drug-likeness (QED) is 0.445. The molecule has 1 aromatic heterocycles. The number of likely N-dealkylation sites (tertiary alicyclic amines) is 2. The van der Waals surface area contributed by atoms with Crippen LogP contribution in [0.5, 0.6) is 0 Å². The van der Waals surface area contributed by atoms with Gasteiger partial charge in [-0.25, -0.2) is 0 Å². The van der Waals surface area contributed by atoms with Crippen molar-refractivity contribution in [3.05, 3.63) is 75.9 Å². The van der Waals surface area contributed by atoms with E-state index < -0.39 is 0 Å². The van der Waals surface area contributed by atoms with Crippen LogP contribution in [0.25, 0.3) is 10.9 Å². The van der Waals surface area contributed by atoms with Gasteiger partial charge in [0.05, 0.1) is 27.5 Å². The largest absolute Gasteiger partial charge is 0.339 e. The van der Waals surface area contributed by atoms with Crippen molar-refractivity contribution in [2.75, 3.05) is 26.2 Å². The van der Waals surface area contributed by atoms with E-state index in [9.17, 15) is 10.1 Å². The number of aromatic nitrogens is 1. The zero-order chi connectivity index (χ0) is 24.4. The lowest BCUT2D eigenvalue weighted by Gasteiger charge is -2.43. The molecule has 0 radical (unpaired) electrons. The van der Waals surface area contributed by atoms with E-state index >= 15 is 0 Å². The summed E-state index contributed by atoms with van der Waals surface area (Å²) in [6.07, 6.45) is 5.48. The average Bonchev–Trinajstić information content (AvgIpc) is 2.90. The molecule has 2 saturated heterocycles. The number of hydrogen-bond donors (Lipinski definition) is 0. The molecule has 0 aliphatic carbocycles. The molecule has 35 heavy (non-hydrogen) atoms. The van der Waals surface area contributed by atoms with Crippen LogP contribution in [0.4, 0.5) is 0 Å². The van der Waals surface area contributed by atoms with E-state index in [2.05, 4.69) is 16.0 Å². The minimum atomic E-state index is -0.0101. The van der Waals surface area contributed by atoms with Crippen LogP contribution >= 0.6 is 23.2 Å². The number of hydrogen-bond acceptors (Lipinski definition) is 4. The Hall–Kier alpha value is -2.65. The van der Waals surface area contributed by atoms with Crippen LogP contribution in [0.15, 0.2) is 54.7 Å². The fourth-order valence-electron chi connectivity index (χ4n) is 5.54. The molecule has 0 bridgehead atoms. The SMILES string of the molecule is N#C[C@@H]1CN(C2CCN(C(=O)c3ccc4ncccc4c3)CC2)CC[C@H]1Cc1ccc(Cl)c(Cl)c1. The maximum atomic E-state index is 13.1. The molecular formula is C28H28Cl2N4O. The molecule has 0 saturated carbocycles. The molecule has 2 aromatic carbocycles. The second-order valence-corrected chi connectivity index (χ2v) is 10.5. The predicted molar refractivity (Wildman–Crippen MR) is 140 cm³/mol. The third kappa shape index (κ3) is 5.30. The first kappa shape index (κ1) is 24.1. The van der Waals surface area contributed by atoms with Crippen molar-refractivity contribution in [2.45, 2.75) is 31.7 Å². The van der Waals surface area contributed by atoms with Gasteiger partial charge in [0.25, 0.3) is 5.91 Å². The van der Waals surface area contributed by atoms with Gasteiger partial charge in [0.1, 0.15) is 0 Å². The monoisotopic (exact) mass is 506 g/mol. The highest BCUT2D eigenvalue weighted by atomic mass is 35.5. The zero-order valence-electron chi connectivity index (χ0n) is 19.5. The van der Waals surface area contributed by atoms with Crippen LogP contribution in [0.3, 0.4) is 0 Å². The number of amides is 1. The van der Waals surface area contributed by atoms with Crippen LogP contribution in [-0.4, -0.2) is 52.9 Å². The maximum absolute atomic E-state index is 13.1. The van der Waals surface area contributed by atoms with Gasteiger partial charge in [-0.3, -0.25) is 14.7 Å².